The molecule has 4 nitrogen and oxygen atoms in total. The molecule has 2 rings (SSSR count). The molecule has 1 aliphatic heterocycles. The summed E-state index contributed by atoms with van der Waals surface area (Å²) >= 11 is 0. The van der Waals surface area contributed by atoms with Crippen LogP contribution in [0.3, 0.4) is 0 Å². The number of fused-ring (bicyclic) bond motifs is 1. The van der Waals surface area contributed by atoms with Gasteiger partial charge in [-0.3, -0.25) is 4.31 Å². The second-order valence-electron chi connectivity index (χ2n) is 4.62. The molecule has 0 saturated carbocycles. The Morgan fingerprint density at radius 1 is 1.39 bits per heavy atom. The van der Waals surface area contributed by atoms with Crippen molar-refractivity contribution in [1.82, 2.24) is 0 Å². The third-order valence-corrected chi connectivity index (χ3v) is 5.88. The van der Waals surface area contributed by atoms with E-state index in [1.807, 2.05) is 31.2 Å². The van der Waals surface area contributed by atoms with Crippen LogP contribution in [0.25, 0.3) is 0 Å². The van der Waals surface area contributed by atoms with E-state index < -0.39 is 15.3 Å². The minimum absolute atomic E-state index is 0.178. The molecule has 100 valence electrons. The minimum atomic E-state index is -3.33. The standard InChI is InChI=1S/C13H20N2O2S/c1-2-12(10-14)18(16,17)15-9-5-7-11-6-3-4-8-13(11)15/h3-4,6,8,12H,2,5,7,9-10,14H2,1H3. The zero-order chi connectivity index (χ0) is 13.2. The number of hydrogen-bond acceptors (Lipinski definition) is 3. The van der Waals surface area contributed by atoms with Gasteiger partial charge >= 0.3 is 0 Å². The first-order valence-electron chi connectivity index (χ1n) is 6.40. The smallest absolute Gasteiger partial charge is 0.239 e. The lowest BCUT2D eigenvalue weighted by atomic mass is 10.0. The summed E-state index contributed by atoms with van der Waals surface area (Å²) in [4.78, 5) is 0. The molecule has 0 amide bonds. The average Bonchev–Trinajstić information content (AvgIpc) is 2.39. The molecular weight excluding hydrogens is 248 g/mol. The molecule has 1 aromatic carbocycles. The van der Waals surface area contributed by atoms with Crippen LogP contribution >= 0.6 is 0 Å². The van der Waals surface area contributed by atoms with Gasteiger partial charge in [-0.15, -0.1) is 0 Å². The number of rotatable bonds is 4. The van der Waals surface area contributed by atoms with E-state index >= 15 is 0 Å². The largest absolute Gasteiger partial charge is 0.329 e. The van der Waals surface area contributed by atoms with Crippen LogP contribution in [0.5, 0.6) is 0 Å². The lowest BCUT2D eigenvalue weighted by molar-refractivity contribution is 0.567. The molecule has 0 saturated heterocycles. The summed E-state index contributed by atoms with van der Waals surface area (Å²) in [7, 11) is -3.33. The Bertz CT molecular complexity index is 509. The van der Waals surface area contributed by atoms with E-state index in [4.69, 9.17) is 5.73 Å². The number of sulfonamides is 1. The van der Waals surface area contributed by atoms with E-state index in [1.165, 1.54) is 0 Å². The minimum Gasteiger partial charge on any atom is -0.329 e. The highest BCUT2D eigenvalue weighted by molar-refractivity contribution is 7.93. The zero-order valence-electron chi connectivity index (χ0n) is 10.7. The van der Waals surface area contributed by atoms with Gasteiger partial charge in [0.25, 0.3) is 0 Å². The number of nitrogens with zero attached hydrogens (tertiary/aromatic N) is 1. The summed E-state index contributed by atoms with van der Waals surface area (Å²) in [5.41, 5.74) is 7.53. The Morgan fingerprint density at radius 2 is 2.11 bits per heavy atom. The number of hydrogen-bond donors (Lipinski definition) is 1. The van der Waals surface area contributed by atoms with Crippen LogP contribution in [0.1, 0.15) is 25.3 Å². The lowest BCUT2D eigenvalue weighted by Gasteiger charge is -2.33. The molecule has 1 atom stereocenters. The molecule has 5 heteroatoms. The van der Waals surface area contributed by atoms with Gasteiger partial charge in [-0.2, -0.15) is 0 Å². The number of nitrogens with two attached hydrogens (primary N) is 1. The average molecular weight is 268 g/mol. The fourth-order valence-corrected chi connectivity index (χ4v) is 4.30. The quantitative estimate of drug-likeness (QED) is 0.900. The third-order valence-electron chi connectivity index (χ3n) is 3.51. The third kappa shape index (κ3) is 2.24. The maximum Gasteiger partial charge on any atom is 0.239 e. The van der Waals surface area contributed by atoms with Crippen molar-refractivity contribution >= 4 is 15.7 Å². The van der Waals surface area contributed by atoms with Gasteiger partial charge in [0.15, 0.2) is 0 Å². The van der Waals surface area contributed by atoms with Crippen molar-refractivity contribution in [1.29, 1.82) is 0 Å². The van der Waals surface area contributed by atoms with E-state index in [0.29, 0.717) is 13.0 Å². The zero-order valence-corrected chi connectivity index (χ0v) is 11.5. The topological polar surface area (TPSA) is 63.4 Å². The molecular formula is C13H20N2O2S. The van der Waals surface area contributed by atoms with Crippen molar-refractivity contribution in [2.24, 2.45) is 5.73 Å². The second kappa shape index (κ2) is 5.28. The predicted octanol–water partition coefficient (Wildman–Crippen LogP) is 1.51. The van der Waals surface area contributed by atoms with Crippen molar-refractivity contribution in [3.63, 3.8) is 0 Å². The van der Waals surface area contributed by atoms with Gasteiger partial charge in [0, 0.05) is 13.1 Å². The number of para-hydroxylation sites is 1. The highest BCUT2D eigenvalue weighted by Crippen LogP contribution is 2.30. The van der Waals surface area contributed by atoms with Gasteiger partial charge in [0.1, 0.15) is 0 Å². The van der Waals surface area contributed by atoms with Gasteiger partial charge < -0.3 is 5.73 Å². The van der Waals surface area contributed by atoms with Crippen LogP contribution in [-0.2, 0) is 16.4 Å². The van der Waals surface area contributed by atoms with Crippen LogP contribution in [0, 0.1) is 0 Å². The number of anilines is 1. The first-order chi connectivity index (χ1) is 8.61. The van der Waals surface area contributed by atoms with E-state index in [-0.39, 0.29) is 6.54 Å². The van der Waals surface area contributed by atoms with Crippen LogP contribution in [0.15, 0.2) is 24.3 Å². The second-order valence-corrected chi connectivity index (χ2v) is 6.75. The lowest BCUT2D eigenvalue weighted by Crippen LogP contribution is -2.44. The molecule has 0 spiro atoms. The highest BCUT2D eigenvalue weighted by Gasteiger charge is 2.32. The first kappa shape index (κ1) is 13.4. The molecule has 1 unspecified atom stereocenters. The van der Waals surface area contributed by atoms with Crippen LogP contribution < -0.4 is 10.0 Å². The molecule has 1 heterocycles. The van der Waals surface area contributed by atoms with E-state index in [1.54, 1.807) is 4.31 Å². The summed E-state index contributed by atoms with van der Waals surface area (Å²) in [5.74, 6) is 0. The van der Waals surface area contributed by atoms with Crippen LogP contribution in [-0.4, -0.2) is 26.8 Å². The molecule has 1 aromatic rings. The van der Waals surface area contributed by atoms with E-state index in [9.17, 15) is 8.42 Å². The molecule has 0 aliphatic carbocycles. The molecule has 0 fully saturated rings. The monoisotopic (exact) mass is 268 g/mol. The van der Waals surface area contributed by atoms with Crippen LogP contribution in [0.2, 0.25) is 0 Å². The Labute approximate surface area is 109 Å². The Hall–Kier alpha value is -1.07. The van der Waals surface area contributed by atoms with Crippen molar-refractivity contribution in [2.45, 2.75) is 31.4 Å². The Morgan fingerprint density at radius 3 is 2.78 bits per heavy atom. The number of benzene rings is 1. The Balaban J connectivity index is 2.41. The van der Waals surface area contributed by atoms with Crippen molar-refractivity contribution < 1.29 is 8.42 Å². The summed E-state index contributed by atoms with van der Waals surface area (Å²) in [6, 6.07) is 7.72. The van der Waals surface area contributed by atoms with Crippen molar-refractivity contribution in [3.8, 4) is 0 Å². The van der Waals surface area contributed by atoms with Crippen molar-refractivity contribution in [2.75, 3.05) is 17.4 Å². The normalized spacial score (nSPS) is 17.3. The summed E-state index contributed by atoms with van der Waals surface area (Å²) in [6.07, 6.45) is 2.37. The Kier molecular flexibility index (Phi) is 3.92. The first-order valence-corrected chi connectivity index (χ1v) is 7.91. The van der Waals surface area contributed by atoms with Crippen molar-refractivity contribution in [3.05, 3.63) is 29.8 Å². The molecule has 1 aliphatic rings. The fourth-order valence-electron chi connectivity index (χ4n) is 2.44. The SMILES string of the molecule is CCC(CN)S(=O)(=O)N1CCCc2ccccc21. The molecule has 0 bridgehead atoms. The predicted molar refractivity (Wildman–Crippen MR) is 74.2 cm³/mol. The van der Waals surface area contributed by atoms with Gasteiger partial charge in [0.05, 0.1) is 10.9 Å². The fraction of sp³-hybridized carbons (Fsp3) is 0.538. The summed E-state index contributed by atoms with van der Waals surface area (Å²) in [6.45, 7) is 2.61. The van der Waals surface area contributed by atoms with E-state index in [2.05, 4.69) is 0 Å². The van der Waals surface area contributed by atoms with Gasteiger partial charge in [-0.05, 0) is 30.9 Å². The summed E-state index contributed by atoms with van der Waals surface area (Å²) < 4.78 is 26.7. The van der Waals surface area contributed by atoms with Gasteiger partial charge in [-0.25, -0.2) is 8.42 Å². The maximum absolute atomic E-state index is 12.6. The maximum atomic E-state index is 12.6. The number of aryl methyl sites for hydroxylation is 1. The highest BCUT2D eigenvalue weighted by atomic mass is 32.2. The summed E-state index contributed by atoms with van der Waals surface area (Å²) in [5, 5.41) is -0.483. The molecule has 2 N–H and O–H groups in total. The molecule has 18 heavy (non-hydrogen) atoms. The molecule has 0 radical (unpaired) electrons. The van der Waals surface area contributed by atoms with E-state index in [0.717, 1.165) is 24.1 Å². The van der Waals surface area contributed by atoms with Crippen LogP contribution in [0.4, 0.5) is 5.69 Å². The van der Waals surface area contributed by atoms with Gasteiger partial charge in [0.2, 0.25) is 10.0 Å². The van der Waals surface area contributed by atoms with Gasteiger partial charge in [-0.1, -0.05) is 25.1 Å². The molecule has 0 aromatic heterocycles.